The van der Waals surface area contributed by atoms with Crippen molar-refractivity contribution in [2.75, 3.05) is 42.5 Å². The van der Waals surface area contributed by atoms with Gasteiger partial charge in [0.15, 0.2) is 0 Å². The number of thiocarbonyl (C=S) groups is 1. The van der Waals surface area contributed by atoms with E-state index in [1.165, 1.54) is 30.3 Å². The van der Waals surface area contributed by atoms with Crippen LogP contribution in [-0.4, -0.2) is 52.4 Å². The Bertz CT molecular complexity index is 1320. The number of hydrogen-bond acceptors (Lipinski definition) is 7. The number of anilines is 2. The van der Waals surface area contributed by atoms with Crippen LogP contribution in [0.25, 0.3) is 6.08 Å². The van der Waals surface area contributed by atoms with Crippen LogP contribution in [0.3, 0.4) is 0 Å². The quantitative estimate of drug-likeness (QED) is 0.246. The number of thioether (sulfide) groups is 1. The molecule has 2 aromatic rings. The molecule has 2 fully saturated rings. The first-order valence-corrected chi connectivity index (χ1v) is 14.5. The molecule has 1 aromatic carbocycles. The maximum Gasteiger partial charge on any atom is 0.270 e. The van der Waals surface area contributed by atoms with E-state index in [1.54, 1.807) is 23.4 Å². The number of hydrogen-bond donors (Lipinski definition) is 0. The molecule has 2 saturated heterocycles. The zero-order valence-corrected chi connectivity index (χ0v) is 24.0. The van der Waals surface area contributed by atoms with Gasteiger partial charge >= 0.3 is 0 Å². The summed E-state index contributed by atoms with van der Waals surface area (Å²) in [6.07, 6.45) is 7.38. The Balaban J connectivity index is 1.63. The average Bonchev–Trinajstić information content (AvgIpc) is 3.20. The maximum absolute atomic E-state index is 13.3. The summed E-state index contributed by atoms with van der Waals surface area (Å²) in [5.74, 6) is 0.645. The number of amides is 1. The highest BCUT2D eigenvalue weighted by Gasteiger charge is 2.33. The van der Waals surface area contributed by atoms with Crippen molar-refractivity contribution in [1.29, 1.82) is 5.26 Å². The first kappa shape index (κ1) is 27.9. The highest BCUT2D eigenvalue weighted by molar-refractivity contribution is 8.26. The molecule has 0 atom stereocenters. The fraction of sp³-hybridized carbons (Fsp3) is 0.448. The lowest BCUT2D eigenvalue weighted by molar-refractivity contribution is -0.122. The third-order valence-electron chi connectivity index (χ3n) is 7.30. The largest absolute Gasteiger partial charge is 0.368 e. The lowest BCUT2D eigenvalue weighted by Gasteiger charge is -2.38. The van der Waals surface area contributed by atoms with Gasteiger partial charge < -0.3 is 9.80 Å². The second-order valence-electron chi connectivity index (χ2n) is 9.77. The fourth-order valence-corrected chi connectivity index (χ4v) is 6.40. The molecular formula is C29H35N5O2S2. The molecule has 2 aliphatic heterocycles. The third kappa shape index (κ3) is 5.82. The highest BCUT2D eigenvalue weighted by atomic mass is 32.2. The Morgan fingerprint density at radius 3 is 2.34 bits per heavy atom. The van der Waals surface area contributed by atoms with Gasteiger partial charge in [0.25, 0.3) is 11.5 Å². The summed E-state index contributed by atoms with van der Waals surface area (Å²) in [5.41, 5.74) is 2.30. The molecule has 1 amide bonds. The lowest BCUT2D eigenvalue weighted by Crippen LogP contribution is -2.48. The number of benzene rings is 1. The van der Waals surface area contributed by atoms with Crippen molar-refractivity contribution in [1.82, 2.24) is 9.47 Å². The van der Waals surface area contributed by atoms with Crippen LogP contribution in [0, 0.1) is 18.3 Å². The first-order chi connectivity index (χ1) is 18.4. The molecular weight excluding hydrogens is 514 g/mol. The van der Waals surface area contributed by atoms with E-state index in [0.29, 0.717) is 34.4 Å². The molecule has 0 saturated carbocycles. The molecule has 0 spiro atoms. The number of piperazine rings is 1. The van der Waals surface area contributed by atoms with E-state index in [2.05, 4.69) is 34.9 Å². The zero-order chi connectivity index (χ0) is 27.2. The lowest BCUT2D eigenvalue weighted by atomic mass is 10.0. The zero-order valence-electron chi connectivity index (χ0n) is 22.4. The van der Waals surface area contributed by atoms with Crippen LogP contribution in [0.5, 0.6) is 0 Å². The van der Waals surface area contributed by atoms with E-state index < -0.39 is 0 Å². The summed E-state index contributed by atoms with van der Waals surface area (Å²) < 4.78 is 2.13. The van der Waals surface area contributed by atoms with E-state index in [1.807, 2.05) is 24.3 Å². The van der Waals surface area contributed by atoms with Crippen molar-refractivity contribution in [3.05, 3.63) is 62.3 Å². The smallest absolute Gasteiger partial charge is 0.270 e. The Labute approximate surface area is 234 Å². The number of unbranched alkanes of at least 4 members (excludes halogenated alkanes) is 4. The van der Waals surface area contributed by atoms with Crippen LogP contribution in [-0.2, 0) is 11.8 Å². The van der Waals surface area contributed by atoms with Crippen molar-refractivity contribution >= 4 is 51.8 Å². The number of nitrogens with zero attached hydrogens (tertiary/aromatic N) is 5. The number of aromatic nitrogens is 1. The van der Waals surface area contributed by atoms with E-state index >= 15 is 0 Å². The van der Waals surface area contributed by atoms with Crippen molar-refractivity contribution in [3.8, 4) is 6.07 Å². The minimum Gasteiger partial charge on any atom is -0.368 e. The van der Waals surface area contributed by atoms with Crippen LogP contribution in [0.1, 0.15) is 55.7 Å². The van der Waals surface area contributed by atoms with E-state index in [9.17, 15) is 14.9 Å². The standard InChI is InChI=1S/C29H35N5O2S2/c1-4-5-6-7-11-14-34-28(36)25(38-29(34)37)19-23-21(2)24(20-30)27(35)31(3)26(23)33-17-15-32(16-18-33)22-12-9-8-10-13-22/h8-10,12-13,19H,4-7,11,14-18H2,1-3H3/b25-19-. The first-order valence-electron chi connectivity index (χ1n) is 13.3. The molecule has 0 radical (unpaired) electrons. The summed E-state index contributed by atoms with van der Waals surface area (Å²) in [5, 5.41) is 9.76. The van der Waals surface area contributed by atoms with Gasteiger partial charge in [-0.2, -0.15) is 5.26 Å². The summed E-state index contributed by atoms with van der Waals surface area (Å²) in [6, 6.07) is 12.4. The molecule has 2 aliphatic rings. The van der Waals surface area contributed by atoms with Gasteiger partial charge in [-0.1, -0.05) is 74.8 Å². The minimum atomic E-state index is -0.317. The SMILES string of the molecule is CCCCCCCN1C(=O)/C(=C/c2c(C)c(C#N)c(=O)n(C)c2N2CCN(c3ccccc3)CC2)SC1=S. The predicted octanol–water partition coefficient (Wildman–Crippen LogP) is 5.06. The monoisotopic (exact) mass is 549 g/mol. The minimum absolute atomic E-state index is 0.0953. The van der Waals surface area contributed by atoms with Gasteiger partial charge in [0.2, 0.25) is 0 Å². The van der Waals surface area contributed by atoms with Gasteiger partial charge in [-0.05, 0) is 37.1 Å². The van der Waals surface area contributed by atoms with E-state index in [0.717, 1.165) is 43.7 Å². The number of rotatable bonds is 9. The third-order valence-corrected chi connectivity index (χ3v) is 8.68. The van der Waals surface area contributed by atoms with Crippen LogP contribution in [0.15, 0.2) is 40.0 Å². The normalized spacial score (nSPS) is 17.0. The molecule has 1 aromatic heterocycles. The Morgan fingerprint density at radius 2 is 1.68 bits per heavy atom. The molecule has 0 unspecified atom stereocenters. The van der Waals surface area contributed by atoms with Crippen molar-refractivity contribution in [2.45, 2.75) is 46.0 Å². The highest BCUT2D eigenvalue weighted by Crippen LogP contribution is 2.36. The second kappa shape index (κ2) is 12.6. The fourth-order valence-electron chi connectivity index (χ4n) is 5.11. The predicted molar refractivity (Wildman–Crippen MR) is 161 cm³/mol. The van der Waals surface area contributed by atoms with Gasteiger partial charge in [-0.3, -0.25) is 19.1 Å². The topological polar surface area (TPSA) is 72.6 Å². The van der Waals surface area contributed by atoms with Gasteiger partial charge in [0, 0.05) is 51.0 Å². The second-order valence-corrected chi connectivity index (χ2v) is 11.4. The van der Waals surface area contributed by atoms with Gasteiger partial charge in [-0.25, -0.2) is 0 Å². The van der Waals surface area contributed by atoms with Crippen molar-refractivity contribution in [3.63, 3.8) is 0 Å². The van der Waals surface area contributed by atoms with Crippen LogP contribution < -0.4 is 15.4 Å². The molecule has 38 heavy (non-hydrogen) atoms. The van der Waals surface area contributed by atoms with Crippen LogP contribution in [0.4, 0.5) is 11.5 Å². The summed E-state index contributed by atoms with van der Waals surface area (Å²) in [4.78, 5) is 33.2. The number of carbonyl (C=O) groups is 1. The van der Waals surface area contributed by atoms with Crippen LogP contribution in [0.2, 0.25) is 0 Å². The number of para-hydroxylation sites is 1. The summed E-state index contributed by atoms with van der Waals surface area (Å²) in [7, 11) is 1.71. The molecule has 0 bridgehead atoms. The molecule has 7 nitrogen and oxygen atoms in total. The number of nitriles is 1. The van der Waals surface area contributed by atoms with Gasteiger partial charge in [0.1, 0.15) is 21.8 Å². The summed E-state index contributed by atoms with van der Waals surface area (Å²) >= 11 is 6.86. The maximum atomic E-state index is 13.3. The molecule has 9 heteroatoms. The number of pyridine rings is 1. The summed E-state index contributed by atoms with van der Waals surface area (Å²) in [6.45, 7) is 7.64. The number of carbonyl (C=O) groups excluding carboxylic acids is 1. The Morgan fingerprint density at radius 1 is 1.03 bits per heavy atom. The van der Waals surface area contributed by atoms with Crippen molar-refractivity contribution < 1.29 is 4.79 Å². The average molecular weight is 550 g/mol. The van der Waals surface area contributed by atoms with Crippen molar-refractivity contribution in [2.24, 2.45) is 7.05 Å². The molecule has 0 aliphatic carbocycles. The molecule has 200 valence electrons. The Kier molecular flexibility index (Phi) is 9.29. The Hall–Kier alpha value is -3.09. The van der Waals surface area contributed by atoms with E-state index in [4.69, 9.17) is 12.2 Å². The van der Waals surface area contributed by atoms with Crippen LogP contribution >= 0.6 is 24.0 Å². The molecule has 4 rings (SSSR count). The molecule has 0 N–H and O–H groups in total. The van der Waals surface area contributed by atoms with Gasteiger partial charge in [-0.15, -0.1) is 0 Å². The van der Waals surface area contributed by atoms with E-state index in [-0.39, 0.29) is 17.0 Å². The molecule has 3 heterocycles. The van der Waals surface area contributed by atoms with Gasteiger partial charge in [0.05, 0.1) is 4.91 Å².